The van der Waals surface area contributed by atoms with Crippen molar-refractivity contribution in [3.05, 3.63) is 43.6 Å². The van der Waals surface area contributed by atoms with Crippen LogP contribution in [0.5, 0.6) is 0 Å². The van der Waals surface area contributed by atoms with Crippen molar-refractivity contribution in [1.29, 1.82) is 0 Å². The van der Waals surface area contributed by atoms with Crippen molar-refractivity contribution in [3.8, 4) is 0 Å². The number of thioether (sulfide) groups is 2. The number of rotatable bonds is 2. The van der Waals surface area contributed by atoms with Crippen molar-refractivity contribution in [2.45, 2.75) is 6.18 Å². The van der Waals surface area contributed by atoms with Crippen LogP contribution in [0.15, 0.2) is 28.0 Å². The van der Waals surface area contributed by atoms with Gasteiger partial charge in [0.15, 0.2) is 0 Å². The van der Waals surface area contributed by atoms with Gasteiger partial charge in [-0.3, -0.25) is 4.79 Å². The Morgan fingerprint density at radius 1 is 1.15 bits per heavy atom. The van der Waals surface area contributed by atoms with Gasteiger partial charge in [0.05, 0.1) is 9.26 Å². The smallest absolute Gasteiger partial charge is 0.288 e. The molecule has 108 valence electrons. The van der Waals surface area contributed by atoms with E-state index in [1.165, 1.54) is 18.2 Å². The van der Waals surface area contributed by atoms with Crippen LogP contribution in [-0.2, 0) is 0 Å². The third kappa shape index (κ3) is 3.47. The molecule has 0 aliphatic carbocycles. The number of alkyl halides is 3. The maximum atomic E-state index is 13.1. The van der Waals surface area contributed by atoms with Crippen LogP contribution < -0.4 is 0 Å². The van der Waals surface area contributed by atoms with Gasteiger partial charge in [-0.25, -0.2) is 0 Å². The standard InChI is InChI=1S/C12H7Cl2F3OS2/c13-6-1-2-7(8(14)5-6)10(18)9(12(15,16)17)11-19-3-4-20-11/h1-2,5H,3-4H2. The molecule has 0 N–H and O–H groups in total. The highest BCUT2D eigenvalue weighted by atomic mass is 35.5. The van der Waals surface area contributed by atoms with E-state index in [0.29, 0.717) is 11.5 Å². The second-order valence-electron chi connectivity index (χ2n) is 3.81. The van der Waals surface area contributed by atoms with E-state index in [9.17, 15) is 18.0 Å². The van der Waals surface area contributed by atoms with E-state index in [2.05, 4.69) is 0 Å². The Hall–Kier alpha value is -0.300. The normalized spacial score (nSPS) is 15.6. The summed E-state index contributed by atoms with van der Waals surface area (Å²) in [6.07, 6.45) is -4.71. The minimum Gasteiger partial charge on any atom is -0.288 e. The van der Waals surface area contributed by atoms with Gasteiger partial charge in [0.2, 0.25) is 5.78 Å². The van der Waals surface area contributed by atoms with Gasteiger partial charge in [0.1, 0.15) is 5.57 Å². The largest absolute Gasteiger partial charge is 0.421 e. The summed E-state index contributed by atoms with van der Waals surface area (Å²) >= 11 is 13.6. The van der Waals surface area contributed by atoms with Gasteiger partial charge in [-0.05, 0) is 18.2 Å². The van der Waals surface area contributed by atoms with Crippen molar-refractivity contribution in [1.82, 2.24) is 0 Å². The number of allylic oxidation sites excluding steroid dienone is 1. The van der Waals surface area contributed by atoms with E-state index < -0.39 is 17.5 Å². The number of benzene rings is 1. The molecule has 0 aromatic heterocycles. The van der Waals surface area contributed by atoms with E-state index in [1.54, 1.807) is 0 Å². The fourth-order valence-electron chi connectivity index (χ4n) is 1.60. The first-order valence-electron chi connectivity index (χ1n) is 5.37. The lowest BCUT2D eigenvalue weighted by Gasteiger charge is -2.14. The van der Waals surface area contributed by atoms with E-state index in [1.807, 2.05) is 0 Å². The molecule has 2 rings (SSSR count). The Morgan fingerprint density at radius 3 is 2.25 bits per heavy atom. The first kappa shape index (κ1) is 16.1. The molecule has 1 aromatic rings. The fraction of sp³-hybridized carbons (Fsp3) is 0.250. The average molecular weight is 359 g/mol. The molecule has 0 radical (unpaired) electrons. The number of hydrogen-bond donors (Lipinski definition) is 0. The van der Waals surface area contributed by atoms with Crippen LogP contribution in [0.3, 0.4) is 0 Å². The zero-order valence-corrected chi connectivity index (χ0v) is 12.9. The van der Waals surface area contributed by atoms with Gasteiger partial charge in [-0.15, -0.1) is 23.5 Å². The zero-order valence-electron chi connectivity index (χ0n) is 9.76. The Bertz CT molecular complexity index is 577. The first-order chi connectivity index (χ1) is 9.30. The summed E-state index contributed by atoms with van der Waals surface area (Å²) < 4.78 is 39.4. The molecular weight excluding hydrogens is 352 g/mol. The molecule has 0 spiro atoms. The molecule has 8 heteroatoms. The summed E-state index contributed by atoms with van der Waals surface area (Å²) in [5.74, 6) is -0.00124. The van der Waals surface area contributed by atoms with Gasteiger partial charge >= 0.3 is 6.18 Å². The summed E-state index contributed by atoms with van der Waals surface area (Å²) in [7, 11) is 0. The predicted octanol–water partition coefficient (Wildman–Crippen LogP) is 5.43. The summed E-state index contributed by atoms with van der Waals surface area (Å²) in [5, 5.41) is 0.176. The van der Waals surface area contributed by atoms with Crippen LogP contribution in [0.25, 0.3) is 0 Å². The topological polar surface area (TPSA) is 17.1 Å². The van der Waals surface area contributed by atoms with Crippen molar-refractivity contribution in [2.24, 2.45) is 0 Å². The molecule has 1 fully saturated rings. The van der Waals surface area contributed by atoms with E-state index in [-0.39, 0.29) is 19.8 Å². The van der Waals surface area contributed by atoms with Crippen LogP contribution in [0.2, 0.25) is 10.0 Å². The van der Waals surface area contributed by atoms with Crippen molar-refractivity contribution in [3.63, 3.8) is 0 Å². The SMILES string of the molecule is O=C(C(=C1SCCS1)C(F)(F)F)c1ccc(Cl)cc1Cl. The Balaban J connectivity index is 2.50. The van der Waals surface area contributed by atoms with Gasteiger partial charge in [0.25, 0.3) is 0 Å². The number of ketones is 1. The zero-order chi connectivity index (χ0) is 14.9. The second-order valence-corrected chi connectivity index (χ2v) is 7.12. The van der Waals surface area contributed by atoms with Crippen LogP contribution >= 0.6 is 46.7 Å². The summed E-state index contributed by atoms with van der Waals surface area (Å²) in [5.41, 5.74) is -1.33. The van der Waals surface area contributed by atoms with Crippen LogP contribution in [0.1, 0.15) is 10.4 Å². The highest BCUT2D eigenvalue weighted by Crippen LogP contribution is 2.45. The number of Topliss-reactive ketones (excluding diaryl/α,β-unsaturated/α-hetero) is 1. The summed E-state index contributed by atoms with van der Waals surface area (Å²) in [4.78, 5) is 12.2. The molecule has 1 aromatic carbocycles. The van der Waals surface area contributed by atoms with Gasteiger partial charge in [0, 0.05) is 22.1 Å². The predicted molar refractivity (Wildman–Crippen MR) is 78.8 cm³/mol. The molecule has 0 saturated carbocycles. The molecule has 1 nitrogen and oxygen atoms in total. The molecule has 0 amide bonds. The number of carbonyl (C=O) groups excluding carboxylic acids is 1. The van der Waals surface area contributed by atoms with Crippen molar-refractivity contribution >= 4 is 52.5 Å². The summed E-state index contributed by atoms with van der Waals surface area (Å²) in [6, 6.07) is 3.81. The lowest BCUT2D eigenvalue weighted by Crippen LogP contribution is -2.21. The Kier molecular flexibility index (Phi) is 5.00. The molecule has 1 aliphatic heterocycles. The minimum atomic E-state index is -4.71. The van der Waals surface area contributed by atoms with Gasteiger partial charge < -0.3 is 0 Å². The molecule has 1 heterocycles. The second kappa shape index (κ2) is 6.22. The third-order valence-electron chi connectivity index (χ3n) is 2.44. The van der Waals surface area contributed by atoms with Crippen LogP contribution in [-0.4, -0.2) is 23.5 Å². The maximum Gasteiger partial charge on any atom is 0.421 e. The van der Waals surface area contributed by atoms with E-state index in [4.69, 9.17) is 23.2 Å². The van der Waals surface area contributed by atoms with Crippen molar-refractivity contribution in [2.75, 3.05) is 11.5 Å². The van der Waals surface area contributed by atoms with E-state index in [0.717, 1.165) is 23.5 Å². The van der Waals surface area contributed by atoms with Gasteiger partial charge in [-0.2, -0.15) is 13.2 Å². The lowest BCUT2D eigenvalue weighted by atomic mass is 10.0. The molecule has 0 atom stereocenters. The van der Waals surface area contributed by atoms with E-state index >= 15 is 0 Å². The number of carbonyl (C=O) groups is 1. The van der Waals surface area contributed by atoms with Crippen LogP contribution in [0, 0.1) is 0 Å². The average Bonchev–Trinajstić information content (AvgIpc) is 2.80. The monoisotopic (exact) mass is 358 g/mol. The fourth-order valence-corrected chi connectivity index (χ4v) is 4.67. The Labute approximate surface area is 131 Å². The lowest BCUT2D eigenvalue weighted by molar-refractivity contribution is -0.0887. The molecule has 20 heavy (non-hydrogen) atoms. The van der Waals surface area contributed by atoms with Crippen molar-refractivity contribution < 1.29 is 18.0 Å². The minimum absolute atomic E-state index is 0.00789. The molecule has 1 saturated heterocycles. The highest BCUT2D eigenvalue weighted by molar-refractivity contribution is 8.25. The molecule has 0 unspecified atom stereocenters. The summed E-state index contributed by atoms with van der Waals surface area (Å²) in [6.45, 7) is 0. The molecule has 1 aliphatic rings. The molecular formula is C12H7Cl2F3OS2. The van der Waals surface area contributed by atoms with Gasteiger partial charge in [-0.1, -0.05) is 23.2 Å². The maximum absolute atomic E-state index is 13.1. The first-order valence-corrected chi connectivity index (χ1v) is 8.10. The quantitative estimate of drug-likeness (QED) is 0.518. The Morgan fingerprint density at radius 2 is 1.75 bits per heavy atom. The third-order valence-corrected chi connectivity index (χ3v) is 5.70. The number of hydrogen-bond acceptors (Lipinski definition) is 3. The molecule has 0 bridgehead atoms. The van der Waals surface area contributed by atoms with Crippen LogP contribution in [0.4, 0.5) is 13.2 Å². The highest BCUT2D eigenvalue weighted by Gasteiger charge is 2.43. The number of halogens is 5.